The quantitative estimate of drug-likeness (QED) is 0.301. The molecule has 1 aliphatic carbocycles. The normalized spacial score (nSPS) is 16.1. The Morgan fingerprint density at radius 1 is 1.18 bits per heavy atom. The second-order valence-corrected chi connectivity index (χ2v) is 10.8. The Morgan fingerprint density at radius 2 is 1.95 bits per heavy atom. The molecule has 0 unspecified atom stereocenters. The van der Waals surface area contributed by atoms with Gasteiger partial charge in [0.1, 0.15) is 0 Å². The summed E-state index contributed by atoms with van der Waals surface area (Å²) in [6.07, 6.45) is 7.59. The Hall–Kier alpha value is -3.82. The van der Waals surface area contributed by atoms with Gasteiger partial charge in [-0.3, -0.25) is 19.5 Å². The number of H-pyrrole nitrogens is 1. The maximum Gasteiger partial charge on any atom is 0.253 e. The molecule has 3 aromatic rings. The fourth-order valence-electron chi connectivity index (χ4n) is 5.63. The lowest BCUT2D eigenvalue weighted by atomic mass is 9.98. The minimum absolute atomic E-state index is 0.0990. The third-order valence-electron chi connectivity index (χ3n) is 7.83. The number of carbonyl (C=O) groups is 1. The van der Waals surface area contributed by atoms with E-state index in [1.54, 1.807) is 6.07 Å². The molecule has 2 fully saturated rings. The van der Waals surface area contributed by atoms with Crippen LogP contribution in [0.25, 0.3) is 11.3 Å². The van der Waals surface area contributed by atoms with Gasteiger partial charge in [-0.15, -0.1) is 0 Å². The standard InChI is InChI=1S/C31H38N6O3/c1-20-13-21(2)35-31(39)27(20)18-34-30(38)25-14-23(15-29(26(25)16-32)36-24-5-3-4-6-24)28-8-7-22(17-33-28)19-37-9-11-40-12-10-37/h7-8,13-17,24,32,36H,3-6,9-12,18-19H2,1-2H3,(H,34,38)(H,35,39). The van der Waals surface area contributed by atoms with Crippen molar-refractivity contribution in [2.45, 2.75) is 58.7 Å². The summed E-state index contributed by atoms with van der Waals surface area (Å²) < 4.78 is 5.45. The van der Waals surface area contributed by atoms with Crippen LogP contribution < -0.4 is 16.2 Å². The van der Waals surface area contributed by atoms with Gasteiger partial charge in [0.2, 0.25) is 0 Å². The van der Waals surface area contributed by atoms with Crippen molar-refractivity contribution >= 4 is 17.8 Å². The van der Waals surface area contributed by atoms with Gasteiger partial charge in [0.25, 0.3) is 11.5 Å². The van der Waals surface area contributed by atoms with Crippen molar-refractivity contribution in [2.24, 2.45) is 0 Å². The largest absolute Gasteiger partial charge is 0.382 e. The summed E-state index contributed by atoms with van der Waals surface area (Å²) in [7, 11) is 0. The Morgan fingerprint density at radius 3 is 2.62 bits per heavy atom. The van der Waals surface area contributed by atoms with Crippen LogP contribution in [0.5, 0.6) is 0 Å². The van der Waals surface area contributed by atoms with Gasteiger partial charge in [-0.25, -0.2) is 0 Å². The first kappa shape index (κ1) is 27.7. The van der Waals surface area contributed by atoms with Crippen LogP contribution in [0.2, 0.25) is 0 Å². The van der Waals surface area contributed by atoms with Crippen LogP contribution in [-0.4, -0.2) is 59.3 Å². The van der Waals surface area contributed by atoms with Crippen molar-refractivity contribution in [1.29, 1.82) is 5.41 Å². The van der Waals surface area contributed by atoms with Gasteiger partial charge < -0.3 is 25.8 Å². The number of anilines is 1. The number of nitrogens with one attached hydrogen (secondary N) is 4. The van der Waals surface area contributed by atoms with Crippen LogP contribution >= 0.6 is 0 Å². The molecule has 1 saturated carbocycles. The molecule has 0 spiro atoms. The topological polar surface area (TPSA) is 123 Å². The summed E-state index contributed by atoms with van der Waals surface area (Å²) in [6, 6.07) is 10.1. The van der Waals surface area contributed by atoms with E-state index in [1.165, 1.54) is 19.1 Å². The Bertz CT molecular complexity index is 1420. The predicted molar refractivity (Wildman–Crippen MR) is 157 cm³/mol. The minimum Gasteiger partial charge on any atom is -0.382 e. The van der Waals surface area contributed by atoms with Gasteiger partial charge in [-0.1, -0.05) is 18.9 Å². The molecule has 0 atom stereocenters. The third-order valence-corrected chi connectivity index (χ3v) is 7.83. The van der Waals surface area contributed by atoms with E-state index in [-0.39, 0.29) is 18.0 Å². The first-order valence-corrected chi connectivity index (χ1v) is 14.1. The lowest BCUT2D eigenvalue weighted by Gasteiger charge is -2.26. The average molecular weight is 543 g/mol. The molecule has 1 aromatic carbocycles. The summed E-state index contributed by atoms with van der Waals surface area (Å²) in [5.41, 5.74) is 6.29. The van der Waals surface area contributed by atoms with Crippen molar-refractivity contribution in [3.05, 3.63) is 80.4 Å². The number of benzene rings is 1. The van der Waals surface area contributed by atoms with Crippen LogP contribution in [-0.2, 0) is 17.8 Å². The van der Waals surface area contributed by atoms with Crippen molar-refractivity contribution in [3.8, 4) is 11.3 Å². The summed E-state index contributed by atoms with van der Waals surface area (Å²) >= 11 is 0. The minimum atomic E-state index is -0.335. The molecule has 2 aromatic heterocycles. The number of carbonyl (C=O) groups excluding carboxylic acids is 1. The fourth-order valence-corrected chi connectivity index (χ4v) is 5.63. The van der Waals surface area contributed by atoms with Gasteiger partial charge in [0.05, 0.1) is 24.5 Å². The zero-order valence-corrected chi connectivity index (χ0v) is 23.3. The smallest absolute Gasteiger partial charge is 0.253 e. The van der Waals surface area contributed by atoms with Crippen LogP contribution in [0, 0.1) is 19.3 Å². The van der Waals surface area contributed by atoms with Gasteiger partial charge >= 0.3 is 0 Å². The maximum atomic E-state index is 13.5. The number of amides is 1. The van der Waals surface area contributed by atoms with Crippen LogP contribution in [0.4, 0.5) is 5.69 Å². The van der Waals surface area contributed by atoms with E-state index in [0.717, 1.165) is 79.5 Å². The molecule has 0 radical (unpaired) electrons. The van der Waals surface area contributed by atoms with E-state index in [9.17, 15) is 9.59 Å². The molecule has 3 heterocycles. The van der Waals surface area contributed by atoms with E-state index in [2.05, 4.69) is 26.6 Å². The fraction of sp³-hybridized carbons (Fsp3) is 0.419. The molecule has 1 amide bonds. The summed E-state index contributed by atoms with van der Waals surface area (Å²) in [5, 5.41) is 14.7. The number of rotatable bonds is 9. The summed E-state index contributed by atoms with van der Waals surface area (Å²) in [4.78, 5) is 36.0. The number of hydrogen-bond acceptors (Lipinski definition) is 7. The molecule has 9 heteroatoms. The highest BCUT2D eigenvalue weighted by atomic mass is 16.5. The first-order chi connectivity index (χ1) is 19.4. The molecular weight excluding hydrogens is 504 g/mol. The Labute approximate surface area is 234 Å². The number of aromatic amines is 1. The third kappa shape index (κ3) is 6.48. The molecule has 1 saturated heterocycles. The summed E-state index contributed by atoms with van der Waals surface area (Å²) in [6.45, 7) is 7.96. The molecule has 0 bridgehead atoms. The molecule has 1 aliphatic heterocycles. The van der Waals surface area contributed by atoms with Crippen molar-refractivity contribution < 1.29 is 9.53 Å². The van der Waals surface area contributed by atoms with Crippen molar-refractivity contribution in [1.82, 2.24) is 20.2 Å². The Balaban J connectivity index is 1.44. The lowest BCUT2D eigenvalue weighted by Crippen LogP contribution is -2.35. The van der Waals surface area contributed by atoms with E-state index in [1.807, 2.05) is 38.2 Å². The maximum absolute atomic E-state index is 13.5. The van der Waals surface area contributed by atoms with Crippen LogP contribution in [0.3, 0.4) is 0 Å². The number of nitrogens with zero attached hydrogens (tertiary/aromatic N) is 2. The van der Waals surface area contributed by atoms with E-state index in [4.69, 9.17) is 15.1 Å². The second-order valence-electron chi connectivity index (χ2n) is 10.8. The highest BCUT2D eigenvalue weighted by molar-refractivity contribution is 6.06. The molecule has 2 aliphatic rings. The predicted octanol–water partition coefficient (Wildman–Crippen LogP) is 4.17. The zero-order valence-electron chi connectivity index (χ0n) is 23.3. The molecule has 9 nitrogen and oxygen atoms in total. The number of hydrogen-bond donors (Lipinski definition) is 4. The lowest BCUT2D eigenvalue weighted by molar-refractivity contribution is 0.0341. The highest BCUT2D eigenvalue weighted by Crippen LogP contribution is 2.31. The average Bonchev–Trinajstić information content (AvgIpc) is 3.46. The highest BCUT2D eigenvalue weighted by Gasteiger charge is 2.21. The number of morpholine rings is 1. The number of aromatic nitrogens is 2. The number of ether oxygens (including phenoxy) is 1. The molecule has 5 rings (SSSR count). The van der Waals surface area contributed by atoms with Crippen LogP contribution in [0.15, 0.2) is 41.3 Å². The SMILES string of the molecule is Cc1cc(C)c(CNC(=O)c2cc(-c3ccc(CN4CCOCC4)cn3)cc(NC3CCCC3)c2C=N)c(=O)[nH]1. The van der Waals surface area contributed by atoms with E-state index in [0.29, 0.717) is 22.7 Å². The van der Waals surface area contributed by atoms with Gasteiger partial charge in [0, 0.05) is 72.7 Å². The van der Waals surface area contributed by atoms with Crippen molar-refractivity contribution in [2.75, 3.05) is 31.6 Å². The number of aryl methyl sites for hydroxylation is 2. The van der Waals surface area contributed by atoms with Gasteiger partial charge in [-0.2, -0.15) is 0 Å². The first-order valence-electron chi connectivity index (χ1n) is 14.1. The van der Waals surface area contributed by atoms with E-state index < -0.39 is 0 Å². The second kappa shape index (κ2) is 12.6. The van der Waals surface area contributed by atoms with Gasteiger partial charge in [-0.05, 0) is 62.1 Å². The molecule has 4 N–H and O–H groups in total. The molecule has 40 heavy (non-hydrogen) atoms. The number of pyridine rings is 2. The van der Waals surface area contributed by atoms with Crippen molar-refractivity contribution in [3.63, 3.8) is 0 Å². The monoisotopic (exact) mass is 542 g/mol. The molecular formula is C31H38N6O3. The van der Waals surface area contributed by atoms with Crippen LogP contribution in [0.1, 0.15) is 64.0 Å². The van der Waals surface area contributed by atoms with Gasteiger partial charge in [0.15, 0.2) is 0 Å². The molecule has 210 valence electrons. The van der Waals surface area contributed by atoms with E-state index >= 15 is 0 Å². The zero-order chi connectivity index (χ0) is 28.1. The summed E-state index contributed by atoms with van der Waals surface area (Å²) in [5.74, 6) is -0.335. The Kier molecular flexibility index (Phi) is 8.72.